The van der Waals surface area contributed by atoms with Crippen LogP contribution in [0.5, 0.6) is 0 Å². The molecule has 5 heteroatoms. The average Bonchev–Trinajstić information content (AvgIpc) is 2.55. The number of nitrogens with two attached hydrogens (primary N) is 1. The number of nitrogen functional groups attached to an aromatic ring is 1. The van der Waals surface area contributed by atoms with Crippen LogP contribution in [0.25, 0.3) is 0 Å². The molecule has 1 aliphatic heterocycles. The molecular formula is C19H24ClN3O. The maximum absolute atomic E-state index is 12.1. The molecule has 0 saturated heterocycles. The average molecular weight is 346 g/mol. The molecule has 1 amide bonds. The van der Waals surface area contributed by atoms with Crippen LogP contribution in [-0.2, 0) is 13.0 Å². The zero-order chi connectivity index (χ0) is 16.4. The Balaban J connectivity index is 0.00000208. The second kappa shape index (κ2) is 7.58. The van der Waals surface area contributed by atoms with Gasteiger partial charge in [-0.1, -0.05) is 18.2 Å². The van der Waals surface area contributed by atoms with Crippen LogP contribution in [-0.4, -0.2) is 31.4 Å². The molecule has 0 fully saturated rings. The second-order valence-corrected chi connectivity index (χ2v) is 6.27. The van der Waals surface area contributed by atoms with Crippen molar-refractivity contribution in [1.82, 2.24) is 4.90 Å². The lowest BCUT2D eigenvalue weighted by Gasteiger charge is -2.32. The van der Waals surface area contributed by atoms with E-state index in [4.69, 9.17) is 5.73 Å². The number of nitrogens with zero attached hydrogens (tertiary/aromatic N) is 2. The largest absolute Gasteiger partial charge is 0.398 e. The molecule has 4 nitrogen and oxygen atoms in total. The maximum atomic E-state index is 12.1. The van der Waals surface area contributed by atoms with E-state index in [2.05, 4.69) is 17.0 Å². The third-order valence-electron chi connectivity index (χ3n) is 4.34. The summed E-state index contributed by atoms with van der Waals surface area (Å²) in [6.45, 7) is 1.81. The molecule has 2 N–H and O–H groups in total. The van der Waals surface area contributed by atoms with Gasteiger partial charge in [0.2, 0.25) is 0 Å². The molecule has 0 unspecified atom stereocenters. The fourth-order valence-electron chi connectivity index (χ4n) is 3.17. The van der Waals surface area contributed by atoms with E-state index >= 15 is 0 Å². The molecule has 2 aromatic carbocycles. The first kappa shape index (κ1) is 18.1. The van der Waals surface area contributed by atoms with Gasteiger partial charge in [0.1, 0.15) is 0 Å². The highest BCUT2D eigenvalue weighted by Gasteiger charge is 2.19. The molecule has 0 atom stereocenters. The number of hydrogen-bond donors (Lipinski definition) is 1. The summed E-state index contributed by atoms with van der Waals surface area (Å²) in [6, 6.07) is 14.0. The second-order valence-electron chi connectivity index (χ2n) is 6.27. The van der Waals surface area contributed by atoms with Crippen molar-refractivity contribution in [3.63, 3.8) is 0 Å². The lowest BCUT2D eigenvalue weighted by molar-refractivity contribution is 0.0827. The van der Waals surface area contributed by atoms with E-state index in [9.17, 15) is 4.79 Å². The van der Waals surface area contributed by atoms with Gasteiger partial charge in [0.25, 0.3) is 5.91 Å². The molecule has 128 valence electrons. The van der Waals surface area contributed by atoms with Crippen LogP contribution in [0.4, 0.5) is 11.4 Å². The molecule has 0 spiro atoms. The minimum absolute atomic E-state index is 0. The molecule has 0 bridgehead atoms. The smallest absolute Gasteiger partial charge is 0.253 e. The van der Waals surface area contributed by atoms with Crippen molar-refractivity contribution in [2.45, 2.75) is 19.4 Å². The first-order valence-corrected chi connectivity index (χ1v) is 7.99. The Hall–Kier alpha value is -2.20. The number of halogens is 1. The van der Waals surface area contributed by atoms with Crippen LogP contribution in [0.3, 0.4) is 0 Å². The molecule has 24 heavy (non-hydrogen) atoms. The quantitative estimate of drug-likeness (QED) is 0.868. The number of carbonyl (C=O) groups is 1. The van der Waals surface area contributed by atoms with Gasteiger partial charge in [-0.05, 0) is 48.2 Å². The molecule has 0 aromatic heterocycles. The first-order chi connectivity index (χ1) is 11.1. The molecule has 0 aliphatic carbocycles. The fourth-order valence-corrected chi connectivity index (χ4v) is 3.17. The van der Waals surface area contributed by atoms with E-state index in [1.54, 1.807) is 19.0 Å². The van der Waals surface area contributed by atoms with Gasteiger partial charge in [0, 0.05) is 44.1 Å². The van der Waals surface area contributed by atoms with Crippen molar-refractivity contribution in [2.75, 3.05) is 31.3 Å². The highest BCUT2D eigenvalue weighted by atomic mass is 35.5. The van der Waals surface area contributed by atoms with Crippen molar-refractivity contribution in [3.8, 4) is 0 Å². The maximum Gasteiger partial charge on any atom is 0.253 e. The van der Waals surface area contributed by atoms with Crippen molar-refractivity contribution < 1.29 is 4.79 Å². The van der Waals surface area contributed by atoms with Gasteiger partial charge in [0.05, 0.1) is 0 Å². The Bertz CT molecular complexity index is 730. The summed E-state index contributed by atoms with van der Waals surface area (Å²) < 4.78 is 0. The number of carbonyl (C=O) groups excluding carboxylic acids is 1. The van der Waals surface area contributed by atoms with Crippen molar-refractivity contribution >= 4 is 29.7 Å². The molecule has 0 saturated carbocycles. The summed E-state index contributed by atoms with van der Waals surface area (Å²) in [4.78, 5) is 16.1. The van der Waals surface area contributed by atoms with Crippen molar-refractivity contribution in [3.05, 3.63) is 59.2 Å². The van der Waals surface area contributed by atoms with Gasteiger partial charge in [0.15, 0.2) is 0 Å². The Labute approximate surface area is 149 Å². The zero-order valence-corrected chi connectivity index (χ0v) is 15.0. The van der Waals surface area contributed by atoms with Crippen LogP contribution in [0, 0.1) is 0 Å². The SMILES string of the molecule is CN(C)C(=O)c1cccc(CN2CCCc3c(N)cccc32)c1.Cl. The summed E-state index contributed by atoms with van der Waals surface area (Å²) >= 11 is 0. The van der Waals surface area contributed by atoms with Crippen molar-refractivity contribution in [1.29, 1.82) is 0 Å². The molecule has 0 radical (unpaired) electrons. The van der Waals surface area contributed by atoms with E-state index in [-0.39, 0.29) is 18.3 Å². The van der Waals surface area contributed by atoms with Crippen LogP contribution < -0.4 is 10.6 Å². The number of hydrogen-bond acceptors (Lipinski definition) is 3. The standard InChI is InChI=1S/C19H23N3O.ClH/c1-21(2)19(23)15-7-3-6-14(12-15)13-22-11-5-8-16-17(20)9-4-10-18(16)22;/h3-4,6-7,9-10,12H,5,8,11,13,20H2,1-2H3;1H. The molecule has 3 rings (SSSR count). The third kappa shape index (κ3) is 3.65. The highest BCUT2D eigenvalue weighted by Crippen LogP contribution is 2.32. The predicted octanol–water partition coefficient (Wildman–Crippen LogP) is 3.35. The van der Waals surface area contributed by atoms with E-state index in [0.717, 1.165) is 42.7 Å². The topological polar surface area (TPSA) is 49.6 Å². The first-order valence-electron chi connectivity index (χ1n) is 7.99. The van der Waals surface area contributed by atoms with E-state index in [1.807, 2.05) is 30.3 Å². The van der Waals surface area contributed by atoms with Gasteiger partial charge < -0.3 is 15.5 Å². The van der Waals surface area contributed by atoms with Crippen LogP contribution >= 0.6 is 12.4 Å². The monoisotopic (exact) mass is 345 g/mol. The minimum atomic E-state index is 0. The van der Waals surface area contributed by atoms with E-state index in [0.29, 0.717) is 0 Å². The zero-order valence-electron chi connectivity index (χ0n) is 14.2. The third-order valence-corrected chi connectivity index (χ3v) is 4.34. The molecule has 1 aliphatic rings. The van der Waals surface area contributed by atoms with E-state index < -0.39 is 0 Å². The molecule has 2 aromatic rings. The fraction of sp³-hybridized carbons (Fsp3) is 0.316. The summed E-state index contributed by atoms with van der Waals surface area (Å²) in [5.41, 5.74) is 11.3. The van der Waals surface area contributed by atoms with Gasteiger partial charge in [-0.2, -0.15) is 0 Å². The Morgan fingerprint density at radius 1 is 1.21 bits per heavy atom. The lowest BCUT2D eigenvalue weighted by Crippen LogP contribution is -2.29. The molecule has 1 heterocycles. The normalized spacial score (nSPS) is 13.0. The lowest BCUT2D eigenvalue weighted by atomic mass is 9.99. The number of amides is 1. The summed E-state index contributed by atoms with van der Waals surface area (Å²) in [6.07, 6.45) is 2.15. The van der Waals surface area contributed by atoms with Gasteiger partial charge in [-0.3, -0.25) is 4.79 Å². The number of benzene rings is 2. The summed E-state index contributed by atoms with van der Waals surface area (Å²) in [7, 11) is 3.55. The number of rotatable bonds is 3. The molecular weight excluding hydrogens is 322 g/mol. The van der Waals surface area contributed by atoms with Crippen LogP contribution in [0.2, 0.25) is 0 Å². The van der Waals surface area contributed by atoms with Crippen LogP contribution in [0.1, 0.15) is 27.9 Å². The van der Waals surface area contributed by atoms with Crippen molar-refractivity contribution in [2.24, 2.45) is 0 Å². The van der Waals surface area contributed by atoms with Gasteiger partial charge >= 0.3 is 0 Å². The Kier molecular flexibility index (Phi) is 5.73. The number of fused-ring (bicyclic) bond motifs is 1. The summed E-state index contributed by atoms with van der Waals surface area (Å²) in [5.74, 6) is 0.0372. The summed E-state index contributed by atoms with van der Waals surface area (Å²) in [5, 5.41) is 0. The van der Waals surface area contributed by atoms with E-state index in [1.165, 1.54) is 11.3 Å². The minimum Gasteiger partial charge on any atom is -0.398 e. The van der Waals surface area contributed by atoms with Gasteiger partial charge in [-0.15, -0.1) is 12.4 Å². The highest BCUT2D eigenvalue weighted by molar-refractivity contribution is 5.94. The Morgan fingerprint density at radius 2 is 1.96 bits per heavy atom. The van der Waals surface area contributed by atoms with Crippen LogP contribution in [0.15, 0.2) is 42.5 Å². The predicted molar refractivity (Wildman–Crippen MR) is 102 cm³/mol. The number of anilines is 2. The van der Waals surface area contributed by atoms with Gasteiger partial charge in [-0.25, -0.2) is 0 Å². The Morgan fingerprint density at radius 3 is 2.71 bits per heavy atom.